The van der Waals surface area contributed by atoms with Gasteiger partial charge in [-0.05, 0) is 37.9 Å². The van der Waals surface area contributed by atoms with E-state index in [0.717, 1.165) is 13.0 Å². The summed E-state index contributed by atoms with van der Waals surface area (Å²) in [6.07, 6.45) is 1.25. The average molecular weight is 235 g/mol. The lowest BCUT2D eigenvalue weighted by atomic mass is 9.94. The van der Waals surface area contributed by atoms with Gasteiger partial charge in [0.25, 0.3) is 0 Å². The van der Waals surface area contributed by atoms with Gasteiger partial charge < -0.3 is 10.1 Å². The van der Waals surface area contributed by atoms with Crippen molar-refractivity contribution in [3.8, 4) is 0 Å². The number of benzene rings is 1. The number of hydrogen-bond acceptors (Lipinski definition) is 2. The third kappa shape index (κ3) is 3.55. The number of likely N-dealkylation sites (N-methyl/N-ethyl adjacent to an activating group) is 1. The zero-order chi connectivity index (χ0) is 12.8. The first-order chi connectivity index (χ1) is 8.13. The minimum atomic E-state index is 0.233. The van der Waals surface area contributed by atoms with E-state index in [0.29, 0.717) is 0 Å². The Bertz CT molecular complexity index is 345. The summed E-state index contributed by atoms with van der Waals surface area (Å²) < 4.78 is 5.59. The van der Waals surface area contributed by atoms with Gasteiger partial charge in [-0.1, -0.05) is 37.6 Å². The molecular weight excluding hydrogens is 210 g/mol. The quantitative estimate of drug-likeness (QED) is 0.816. The molecule has 0 heterocycles. The van der Waals surface area contributed by atoms with Crippen LogP contribution >= 0.6 is 0 Å². The number of ether oxygens (including phenoxy) is 1. The van der Waals surface area contributed by atoms with Crippen molar-refractivity contribution >= 4 is 0 Å². The largest absolute Gasteiger partial charge is 0.379 e. The zero-order valence-electron chi connectivity index (χ0n) is 11.7. The minimum Gasteiger partial charge on any atom is -0.379 e. The van der Waals surface area contributed by atoms with Gasteiger partial charge in [0.1, 0.15) is 0 Å². The summed E-state index contributed by atoms with van der Waals surface area (Å²) in [5, 5.41) is 3.54. The summed E-state index contributed by atoms with van der Waals surface area (Å²) in [5.74, 6) is 0. The lowest BCUT2D eigenvalue weighted by Gasteiger charge is -2.27. The number of aryl methyl sites for hydroxylation is 2. The highest BCUT2D eigenvalue weighted by Gasteiger charge is 2.21. The molecule has 1 aromatic rings. The van der Waals surface area contributed by atoms with E-state index in [2.05, 4.69) is 51.2 Å². The molecule has 0 saturated carbocycles. The first-order valence-electron chi connectivity index (χ1n) is 6.47. The standard InChI is InChI=1S/C15H25NO/c1-6-14(17-5)15(16-7-2)13-9-8-11(3)10-12(13)4/h8-10,14-16H,6-7H2,1-5H3. The Labute approximate surface area is 105 Å². The molecule has 17 heavy (non-hydrogen) atoms. The van der Waals surface area contributed by atoms with Crippen LogP contribution in [-0.4, -0.2) is 19.8 Å². The molecule has 2 unspecified atom stereocenters. The van der Waals surface area contributed by atoms with Gasteiger partial charge in [0.15, 0.2) is 0 Å². The lowest BCUT2D eigenvalue weighted by Crippen LogP contribution is -2.33. The average Bonchev–Trinajstić information content (AvgIpc) is 2.30. The second-order valence-corrected chi connectivity index (χ2v) is 4.58. The lowest BCUT2D eigenvalue weighted by molar-refractivity contribution is 0.0654. The third-order valence-corrected chi connectivity index (χ3v) is 3.26. The van der Waals surface area contributed by atoms with E-state index in [1.807, 2.05) is 0 Å². The van der Waals surface area contributed by atoms with Crippen LogP contribution in [0, 0.1) is 13.8 Å². The second kappa shape index (κ2) is 6.77. The molecule has 0 bridgehead atoms. The van der Waals surface area contributed by atoms with Gasteiger partial charge in [-0.15, -0.1) is 0 Å². The summed E-state index contributed by atoms with van der Waals surface area (Å²) in [4.78, 5) is 0. The number of hydrogen-bond donors (Lipinski definition) is 1. The van der Waals surface area contributed by atoms with Gasteiger partial charge in [0, 0.05) is 7.11 Å². The molecule has 2 atom stereocenters. The number of methoxy groups -OCH3 is 1. The Kier molecular flexibility index (Phi) is 5.66. The fraction of sp³-hybridized carbons (Fsp3) is 0.600. The van der Waals surface area contributed by atoms with Crippen molar-refractivity contribution in [2.45, 2.75) is 46.3 Å². The van der Waals surface area contributed by atoms with Gasteiger partial charge in [-0.2, -0.15) is 0 Å². The van der Waals surface area contributed by atoms with Crippen LogP contribution in [-0.2, 0) is 4.74 Å². The van der Waals surface area contributed by atoms with Crippen molar-refractivity contribution in [1.82, 2.24) is 5.32 Å². The molecule has 0 saturated heterocycles. The Morgan fingerprint density at radius 2 is 1.94 bits per heavy atom. The highest BCUT2D eigenvalue weighted by atomic mass is 16.5. The maximum atomic E-state index is 5.59. The molecule has 1 rings (SSSR count). The fourth-order valence-corrected chi connectivity index (χ4v) is 2.37. The van der Waals surface area contributed by atoms with Crippen molar-refractivity contribution in [1.29, 1.82) is 0 Å². The van der Waals surface area contributed by atoms with E-state index in [9.17, 15) is 0 Å². The van der Waals surface area contributed by atoms with Gasteiger partial charge in [-0.25, -0.2) is 0 Å². The molecule has 0 fully saturated rings. The molecule has 0 aliphatic heterocycles. The molecule has 1 aromatic carbocycles. The highest BCUT2D eigenvalue weighted by molar-refractivity contribution is 5.33. The smallest absolute Gasteiger partial charge is 0.0763 e. The van der Waals surface area contributed by atoms with E-state index in [1.54, 1.807) is 7.11 Å². The van der Waals surface area contributed by atoms with Crippen LogP contribution in [0.15, 0.2) is 18.2 Å². The molecule has 2 nitrogen and oxygen atoms in total. The van der Waals surface area contributed by atoms with Crippen LogP contribution in [0.3, 0.4) is 0 Å². The van der Waals surface area contributed by atoms with E-state index in [-0.39, 0.29) is 12.1 Å². The topological polar surface area (TPSA) is 21.3 Å². The zero-order valence-corrected chi connectivity index (χ0v) is 11.7. The Hall–Kier alpha value is -0.860. The van der Waals surface area contributed by atoms with Crippen molar-refractivity contribution < 1.29 is 4.74 Å². The first-order valence-corrected chi connectivity index (χ1v) is 6.47. The van der Waals surface area contributed by atoms with Crippen LogP contribution in [0.4, 0.5) is 0 Å². The van der Waals surface area contributed by atoms with Crippen molar-refractivity contribution in [2.75, 3.05) is 13.7 Å². The predicted octanol–water partition coefficient (Wildman–Crippen LogP) is 3.38. The van der Waals surface area contributed by atoms with Gasteiger partial charge in [0.2, 0.25) is 0 Å². The van der Waals surface area contributed by atoms with Gasteiger partial charge in [-0.3, -0.25) is 0 Å². The summed E-state index contributed by atoms with van der Waals surface area (Å²) in [5.41, 5.74) is 4.00. The van der Waals surface area contributed by atoms with Gasteiger partial charge >= 0.3 is 0 Å². The monoisotopic (exact) mass is 235 g/mol. The van der Waals surface area contributed by atoms with Crippen LogP contribution in [0.25, 0.3) is 0 Å². The number of rotatable bonds is 6. The Balaban J connectivity index is 3.03. The number of nitrogens with one attached hydrogen (secondary N) is 1. The molecule has 2 heteroatoms. The fourth-order valence-electron chi connectivity index (χ4n) is 2.37. The minimum absolute atomic E-state index is 0.233. The summed E-state index contributed by atoms with van der Waals surface area (Å²) >= 11 is 0. The Morgan fingerprint density at radius 3 is 2.41 bits per heavy atom. The molecule has 96 valence electrons. The van der Waals surface area contributed by atoms with Crippen molar-refractivity contribution in [3.05, 3.63) is 34.9 Å². The molecule has 0 aromatic heterocycles. The molecule has 0 aliphatic carbocycles. The maximum absolute atomic E-state index is 5.59. The highest BCUT2D eigenvalue weighted by Crippen LogP contribution is 2.25. The van der Waals surface area contributed by atoms with Crippen molar-refractivity contribution in [2.24, 2.45) is 0 Å². The van der Waals surface area contributed by atoms with E-state index in [1.165, 1.54) is 16.7 Å². The third-order valence-electron chi connectivity index (χ3n) is 3.26. The van der Waals surface area contributed by atoms with Crippen LogP contribution in [0.5, 0.6) is 0 Å². The summed E-state index contributed by atoms with van der Waals surface area (Å²) in [7, 11) is 1.79. The normalized spacial score (nSPS) is 14.6. The second-order valence-electron chi connectivity index (χ2n) is 4.58. The van der Waals surface area contributed by atoms with Crippen LogP contribution < -0.4 is 5.32 Å². The predicted molar refractivity (Wildman–Crippen MR) is 73.4 cm³/mol. The van der Waals surface area contributed by atoms with E-state index in [4.69, 9.17) is 4.74 Å². The first kappa shape index (κ1) is 14.2. The molecule has 0 spiro atoms. The maximum Gasteiger partial charge on any atom is 0.0763 e. The molecular formula is C15H25NO. The Morgan fingerprint density at radius 1 is 1.24 bits per heavy atom. The molecule has 1 N–H and O–H groups in total. The van der Waals surface area contributed by atoms with E-state index < -0.39 is 0 Å². The molecule has 0 amide bonds. The van der Waals surface area contributed by atoms with E-state index >= 15 is 0 Å². The van der Waals surface area contributed by atoms with Gasteiger partial charge in [0.05, 0.1) is 12.1 Å². The van der Waals surface area contributed by atoms with Crippen LogP contribution in [0.1, 0.15) is 43.0 Å². The van der Waals surface area contributed by atoms with Crippen LogP contribution in [0.2, 0.25) is 0 Å². The summed E-state index contributed by atoms with van der Waals surface area (Å²) in [6.45, 7) is 9.57. The SMILES string of the molecule is CCNC(c1ccc(C)cc1C)C(CC)OC. The summed E-state index contributed by atoms with van der Waals surface area (Å²) in [6, 6.07) is 6.92. The van der Waals surface area contributed by atoms with Crippen molar-refractivity contribution in [3.63, 3.8) is 0 Å². The molecule has 0 radical (unpaired) electrons. The molecule has 0 aliphatic rings.